The molecule has 114 valence electrons. The maximum absolute atomic E-state index is 11.9. The highest BCUT2D eigenvalue weighted by atomic mass is 16.6. The van der Waals surface area contributed by atoms with Crippen LogP contribution in [0.1, 0.15) is 38.1 Å². The number of nitrogens with one attached hydrogen (secondary N) is 1. The molecule has 7 heteroatoms. The SMILES string of the molecule is CC(Oc1cc(C=O)ccc1[N+](=O)[O-])C(=O)NC(C)(C)C. The summed E-state index contributed by atoms with van der Waals surface area (Å²) in [6, 6.07) is 3.73. The number of hydrogen-bond acceptors (Lipinski definition) is 5. The molecule has 0 radical (unpaired) electrons. The molecule has 0 aromatic heterocycles. The highest BCUT2D eigenvalue weighted by Crippen LogP contribution is 2.28. The van der Waals surface area contributed by atoms with Crippen molar-refractivity contribution in [3.05, 3.63) is 33.9 Å². The van der Waals surface area contributed by atoms with Crippen molar-refractivity contribution in [3.63, 3.8) is 0 Å². The average Bonchev–Trinajstić information content (AvgIpc) is 2.36. The van der Waals surface area contributed by atoms with E-state index in [9.17, 15) is 19.7 Å². The molecule has 1 aromatic carbocycles. The molecule has 0 aliphatic rings. The molecule has 0 spiro atoms. The Morgan fingerprint density at radius 2 is 2.05 bits per heavy atom. The van der Waals surface area contributed by atoms with Crippen LogP contribution in [0, 0.1) is 10.1 Å². The molecule has 1 amide bonds. The summed E-state index contributed by atoms with van der Waals surface area (Å²) in [7, 11) is 0. The number of rotatable bonds is 5. The predicted molar refractivity (Wildman–Crippen MR) is 76.5 cm³/mol. The molecule has 21 heavy (non-hydrogen) atoms. The van der Waals surface area contributed by atoms with Gasteiger partial charge in [-0.25, -0.2) is 0 Å². The largest absolute Gasteiger partial charge is 0.474 e. The van der Waals surface area contributed by atoms with Gasteiger partial charge in [-0.05, 0) is 39.8 Å². The summed E-state index contributed by atoms with van der Waals surface area (Å²) in [4.78, 5) is 33.0. The molecule has 1 N–H and O–H groups in total. The number of nitro groups is 1. The lowest BCUT2D eigenvalue weighted by molar-refractivity contribution is -0.386. The average molecular weight is 294 g/mol. The Kier molecular flexibility index (Phi) is 5.02. The van der Waals surface area contributed by atoms with Gasteiger partial charge in [0.2, 0.25) is 0 Å². The third-order valence-electron chi connectivity index (χ3n) is 2.49. The minimum absolute atomic E-state index is 0.110. The minimum Gasteiger partial charge on any atom is -0.474 e. The van der Waals surface area contributed by atoms with Crippen LogP contribution in [0.15, 0.2) is 18.2 Å². The summed E-state index contributed by atoms with van der Waals surface area (Å²) >= 11 is 0. The lowest BCUT2D eigenvalue weighted by Crippen LogP contribution is -2.46. The van der Waals surface area contributed by atoms with Crippen molar-refractivity contribution < 1.29 is 19.2 Å². The highest BCUT2D eigenvalue weighted by molar-refractivity contribution is 5.82. The molecule has 0 fully saturated rings. The quantitative estimate of drug-likeness (QED) is 0.509. The molecule has 0 aliphatic heterocycles. The Hall–Kier alpha value is -2.44. The van der Waals surface area contributed by atoms with Crippen molar-refractivity contribution >= 4 is 17.9 Å². The predicted octanol–water partition coefficient (Wildman–Crippen LogP) is 2.09. The summed E-state index contributed by atoms with van der Waals surface area (Å²) in [6.45, 7) is 6.92. The third kappa shape index (κ3) is 4.87. The van der Waals surface area contributed by atoms with E-state index in [0.717, 1.165) is 0 Å². The standard InChI is InChI=1S/C14H18N2O5/c1-9(13(18)15-14(2,3)4)21-12-7-10(8-17)5-6-11(12)16(19)20/h5-9H,1-4H3,(H,15,18). The van der Waals surface area contributed by atoms with E-state index in [1.54, 1.807) is 0 Å². The fraction of sp³-hybridized carbons (Fsp3) is 0.429. The summed E-state index contributed by atoms with van der Waals surface area (Å²) in [5.41, 5.74) is -0.499. The molecule has 1 unspecified atom stereocenters. The fourth-order valence-electron chi connectivity index (χ4n) is 1.56. The van der Waals surface area contributed by atoms with Gasteiger partial charge in [0, 0.05) is 17.2 Å². The molecular formula is C14H18N2O5. The Morgan fingerprint density at radius 3 is 2.52 bits per heavy atom. The van der Waals surface area contributed by atoms with Gasteiger partial charge in [0.25, 0.3) is 5.91 Å². The van der Waals surface area contributed by atoms with Crippen molar-refractivity contribution in [3.8, 4) is 5.75 Å². The second-order valence-corrected chi connectivity index (χ2v) is 5.60. The van der Waals surface area contributed by atoms with Gasteiger partial charge >= 0.3 is 5.69 Å². The lowest BCUT2D eigenvalue weighted by Gasteiger charge is -2.23. The molecule has 0 heterocycles. The Balaban J connectivity index is 2.97. The summed E-state index contributed by atoms with van der Waals surface area (Å²) in [5, 5.41) is 13.7. The number of benzene rings is 1. The van der Waals surface area contributed by atoms with Crippen LogP contribution >= 0.6 is 0 Å². The van der Waals surface area contributed by atoms with E-state index in [1.165, 1.54) is 25.1 Å². The highest BCUT2D eigenvalue weighted by Gasteiger charge is 2.24. The smallest absolute Gasteiger partial charge is 0.310 e. The number of aldehydes is 1. The monoisotopic (exact) mass is 294 g/mol. The molecule has 7 nitrogen and oxygen atoms in total. The van der Waals surface area contributed by atoms with Gasteiger partial charge < -0.3 is 10.1 Å². The Morgan fingerprint density at radius 1 is 1.43 bits per heavy atom. The third-order valence-corrected chi connectivity index (χ3v) is 2.49. The van der Waals surface area contributed by atoms with Crippen molar-refractivity contribution in [1.29, 1.82) is 0 Å². The zero-order valence-corrected chi connectivity index (χ0v) is 12.4. The molecule has 0 aliphatic carbocycles. The number of nitrogens with zero attached hydrogens (tertiary/aromatic N) is 1. The van der Waals surface area contributed by atoms with Crippen LogP contribution in [0.25, 0.3) is 0 Å². The molecular weight excluding hydrogens is 276 g/mol. The van der Waals surface area contributed by atoms with Gasteiger partial charge in [-0.3, -0.25) is 19.7 Å². The van der Waals surface area contributed by atoms with Gasteiger partial charge in [-0.15, -0.1) is 0 Å². The van der Waals surface area contributed by atoms with Crippen LogP contribution in [0.4, 0.5) is 5.69 Å². The molecule has 0 saturated carbocycles. The van der Waals surface area contributed by atoms with Crippen molar-refractivity contribution in [1.82, 2.24) is 5.32 Å². The number of amides is 1. The van der Waals surface area contributed by atoms with Crippen LogP contribution in [0.3, 0.4) is 0 Å². The first kappa shape index (κ1) is 16.6. The van der Waals surface area contributed by atoms with E-state index in [1.807, 2.05) is 20.8 Å². The van der Waals surface area contributed by atoms with E-state index in [4.69, 9.17) is 4.74 Å². The minimum atomic E-state index is -0.926. The summed E-state index contributed by atoms with van der Waals surface area (Å²) in [5.74, 6) is -0.505. The number of hydrogen-bond donors (Lipinski definition) is 1. The maximum atomic E-state index is 11.9. The fourth-order valence-corrected chi connectivity index (χ4v) is 1.56. The number of ether oxygens (including phenoxy) is 1. The molecule has 1 aromatic rings. The van der Waals surface area contributed by atoms with Gasteiger partial charge in [0.15, 0.2) is 11.9 Å². The van der Waals surface area contributed by atoms with Crippen LogP contribution in [-0.2, 0) is 4.79 Å². The summed E-state index contributed by atoms with van der Waals surface area (Å²) in [6.07, 6.45) is -0.374. The molecule has 0 bridgehead atoms. The first-order valence-corrected chi connectivity index (χ1v) is 6.36. The first-order valence-electron chi connectivity index (χ1n) is 6.36. The van der Waals surface area contributed by atoms with E-state index in [0.29, 0.717) is 6.29 Å². The van der Waals surface area contributed by atoms with Gasteiger partial charge in [-0.2, -0.15) is 0 Å². The number of carbonyl (C=O) groups excluding carboxylic acids is 2. The van der Waals surface area contributed by atoms with Crippen LogP contribution in [-0.4, -0.2) is 28.8 Å². The normalized spacial score (nSPS) is 12.4. The van der Waals surface area contributed by atoms with Crippen molar-refractivity contribution in [2.24, 2.45) is 0 Å². The number of carbonyl (C=O) groups is 2. The van der Waals surface area contributed by atoms with Gasteiger partial charge in [0.05, 0.1) is 4.92 Å². The Bertz CT molecular complexity index is 563. The van der Waals surface area contributed by atoms with Crippen molar-refractivity contribution in [2.45, 2.75) is 39.3 Å². The second kappa shape index (κ2) is 6.34. The Labute approximate surface area is 122 Å². The molecule has 1 rings (SSSR count). The van der Waals surface area contributed by atoms with E-state index >= 15 is 0 Å². The van der Waals surface area contributed by atoms with E-state index in [2.05, 4.69) is 5.32 Å². The van der Waals surface area contributed by atoms with Crippen LogP contribution in [0.5, 0.6) is 5.75 Å². The van der Waals surface area contributed by atoms with Gasteiger partial charge in [0.1, 0.15) is 6.29 Å². The summed E-state index contributed by atoms with van der Waals surface area (Å²) < 4.78 is 5.34. The lowest BCUT2D eigenvalue weighted by atomic mass is 10.1. The second-order valence-electron chi connectivity index (χ2n) is 5.60. The van der Waals surface area contributed by atoms with E-state index < -0.39 is 22.5 Å². The van der Waals surface area contributed by atoms with Crippen LogP contribution in [0.2, 0.25) is 0 Å². The van der Waals surface area contributed by atoms with Crippen LogP contribution < -0.4 is 10.1 Å². The molecule has 0 saturated heterocycles. The number of nitro benzene ring substituents is 1. The zero-order chi connectivity index (χ0) is 16.2. The molecule has 1 atom stereocenters. The van der Waals surface area contributed by atoms with Gasteiger partial charge in [-0.1, -0.05) is 0 Å². The van der Waals surface area contributed by atoms with Crippen molar-refractivity contribution in [2.75, 3.05) is 0 Å². The zero-order valence-electron chi connectivity index (χ0n) is 12.4. The van der Waals surface area contributed by atoms with E-state index in [-0.39, 0.29) is 17.0 Å². The first-order chi connectivity index (χ1) is 9.64. The topological polar surface area (TPSA) is 98.5 Å². The maximum Gasteiger partial charge on any atom is 0.310 e.